The van der Waals surface area contributed by atoms with Crippen LogP contribution in [0.4, 0.5) is 4.39 Å². The van der Waals surface area contributed by atoms with E-state index in [1.165, 1.54) is 0 Å². The third-order valence-corrected chi connectivity index (χ3v) is 3.87. The lowest BCUT2D eigenvalue weighted by molar-refractivity contribution is -0.137. The predicted octanol–water partition coefficient (Wildman–Crippen LogP) is -0.614. The topological polar surface area (TPSA) is 118 Å². The van der Waals surface area contributed by atoms with Crippen molar-refractivity contribution in [3.8, 4) is 0 Å². The van der Waals surface area contributed by atoms with Gasteiger partial charge in [-0.3, -0.25) is 9.59 Å². The van der Waals surface area contributed by atoms with E-state index in [9.17, 15) is 22.4 Å². The minimum atomic E-state index is -4.30. The average molecular weight is 290 g/mol. The molecule has 7 nitrogen and oxygen atoms in total. The van der Waals surface area contributed by atoms with Crippen molar-refractivity contribution in [2.75, 3.05) is 13.1 Å². The molecule has 0 aliphatic heterocycles. The van der Waals surface area contributed by atoms with Crippen LogP contribution in [0.5, 0.6) is 0 Å². The number of carbonyl (C=O) groups excluding carboxylic acids is 1. The van der Waals surface area contributed by atoms with E-state index >= 15 is 0 Å². The van der Waals surface area contributed by atoms with Crippen LogP contribution in [-0.4, -0.2) is 42.8 Å². The van der Waals surface area contributed by atoms with Crippen LogP contribution in [-0.2, 0) is 19.6 Å². The molecule has 0 atom stereocenters. The van der Waals surface area contributed by atoms with E-state index in [0.717, 1.165) is 24.3 Å². The number of carboxylic acids is 1. The molecule has 0 saturated heterocycles. The number of halogens is 1. The number of hydrogen-bond acceptors (Lipinski definition) is 4. The highest BCUT2D eigenvalue weighted by atomic mass is 32.2. The van der Waals surface area contributed by atoms with Crippen molar-refractivity contribution in [2.24, 2.45) is 5.73 Å². The van der Waals surface area contributed by atoms with Crippen molar-refractivity contribution >= 4 is 21.9 Å². The lowest BCUT2D eigenvalue weighted by Gasteiger charge is -2.18. The maximum Gasteiger partial charge on any atom is 0.318 e. The standard InChI is InChI=1S/C10H11FN2O5S/c11-7-2-1-3-8(4-7)19(17,18)13(5-9(12)14)6-10(15)16/h1-4H,5-6H2,(H2,12,14)(H,15,16). The van der Waals surface area contributed by atoms with Gasteiger partial charge in [-0.05, 0) is 18.2 Å². The zero-order valence-electron chi connectivity index (χ0n) is 9.61. The number of amides is 1. The molecule has 9 heteroatoms. The highest BCUT2D eigenvalue weighted by Crippen LogP contribution is 2.16. The van der Waals surface area contributed by atoms with E-state index in [-0.39, 0.29) is 0 Å². The second-order valence-electron chi connectivity index (χ2n) is 3.59. The second kappa shape index (κ2) is 5.76. The van der Waals surface area contributed by atoms with Crippen LogP contribution in [0.3, 0.4) is 0 Å². The molecule has 1 amide bonds. The van der Waals surface area contributed by atoms with Crippen molar-refractivity contribution in [1.82, 2.24) is 4.31 Å². The van der Waals surface area contributed by atoms with Crippen LogP contribution in [0, 0.1) is 5.82 Å². The molecule has 0 heterocycles. The van der Waals surface area contributed by atoms with Crippen LogP contribution >= 0.6 is 0 Å². The minimum absolute atomic E-state index is 0.367. The number of sulfonamides is 1. The number of benzene rings is 1. The van der Waals surface area contributed by atoms with Gasteiger partial charge in [0.15, 0.2) is 0 Å². The van der Waals surface area contributed by atoms with Gasteiger partial charge in [-0.2, -0.15) is 4.31 Å². The Kier molecular flexibility index (Phi) is 4.57. The minimum Gasteiger partial charge on any atom is -0.480 e. The number of hydrogen-bond donors (Lipinski definition) is 2. The van der Waals surface area contributed by atoms with Gasteiger partial charge in [0.2, 0.25) is 15.9 Å². The van der Waals surface area contributed by atoms with E-state index < -0.39 is 45.7 Å². The SMILES string of the molecule is NC(=O)CN(CC(=O)O)S(=O)(=O)c1cccc(F)c1. The van der Waals surface area contributed by atoms with Crippen molar-refractivity contribution in [3.63, 3.8) is 0 Å². The molecule has 3 N–H and O–H groups in total. The molecular formula is C10H11FN2O5S. The van der Waals surface area contributed by atoms with Gasteiger partial charge in [-0.1, -0.05) is 6.07 Å². The molecular weight excluding hydrogens is 279 g/mol. The smallest absolute Gasteiger partial charge is 0.318 e. The Balaban J connectivity index is 3.18. The molecule has 0 radical (unpaired) electrons. The highest BCUT2D eigenvalue weighted by molar-refractivity contribution is 7.89. The number of nitrogens with zero attached hydrogens (tertiary/aromatic N) is 1. The number of rotatable bonds is 6. The van der Waals surface area contributed by atoms with E-state index in [1.54, 1.807) is 0 Å². The Hall–Kier alpha value is -2.00. The number of carbonyl (C=O) groups is 2. The molecule has 0 spiro atoms. The fraction of sp³-hybridized carbons (Fsp3) is 0.200. The molecule has 19 heavy (non-hydrogen) atoms. The number of primary amides is 1. The number of carboxylic acid groups (broad SMARTS) is 1. The summed E-state index contributed by atoms with van der Waals surface area (Å²) in [6, 6.07) is 4.01. The van der Waals surface area contributed by atoms with Crippen molar-refractivity contribution in [2.45, 2.75) is 4.90 Å². The molecule has 104 valence electrons. The first kappa shape index (κ1) is 15.1. The summed E-state index contributed by atoms with van der Waals surface area (Å²) in [6.45, 7) is -1.74. The van der Waals surface area contributed by atoms with Crippen LogP contribution in [0.2, 0.25) is 0 Å². The molecule has 0 aliphatic carbocycles. The summed E-state index contributed by atoms with van der Waals surface area (Å²) < 4.78 is 37.4. The molecule has 1 aromatic carbocycles. The lowest BCUT2D eigenvalue weighted by Crippen LogP contribution is -2.41. The van der Waals surface area contributed by atoms with Gasteiger partial charge in [0.1, 0.15) is 12.4 Å². The summed E-state index contributed by atoms with van der Waals surface area (Å²) in [5.41, 5.74) is 4.86. The first-order valence-electron chi connectivity index (χ1n) is 4.99. The first-order valence-corrected chi connectivity index (χ1v) is 6.43. The quantitative estimate of drug-likeness (QED) is 0.724. The van der Waals surface area contributed by atoms with Crippen molar-refractivity contribution in [1.29, 1.82) is 0 Å². The number of aliphatic carboxylic acids is 1. The van der Waals surface area contributed by atoms with Crippen LogP contribution in [0.15, 0.2) is 29.2 Å². The third kappa shape index (κ3) is 4.00. The summed E-state index contributed by atoms with van der Waals surface area (Å²) in [5, 5.41) is 8.63. The molecule has 0 saturated carbocycles. The molecule has 0 aliphatic rings. The average Bonchev–Trinajstić information content (AvgIpc) is 2.26. The molecule has 0 unspecified atom stereocenters. The maximum atomic E-state index is 13.0. The zero-order chi connectivity index (χ0) is 14.6. The summed E-state index contributed by atoms with van der Waals surface area (Å²) in [7, 11) is -4.30. The van der Waals surface area contributed by atoms with Gasteiger partial charge >= 0.3 is 5.97 Å². The van der Waals surface area contributed by atoms with Crippen LogP contribution < -0.4 is 5.73 Å². The highest BCUT2D eigenvalue weighted by Gasteiger charge is 2.28. The normalized spacial score (nSPS) is 11.5. The Morgan fingerprint density at radius 1 is 1.32 bits per heavy atom. The molecule has 1 rings (SSSR count). The van der Waals surface area contributed by atoms with Crippen LogP contribution in [0.1, 0.15) is 0 Å². The molecule has 0 fully saturated rings. The maximum absolute atomic E-state index is 13.0. The van der Waals surface area contributed by atoms with Crippen molar-refractivity contribution < 1.29 is 27.5 Å². The summed E-state index contributed by atoms with van der Waals surface area (Å²) in [4.78, 5) is 20.9. The Morgan fingerprint density at radius 3 is 2.42 bits per heavy atom. The fourth-order valence-electron chi connectivity index (χ4n) is 1.33. The summed E-state index contributed by atoms with van der Waals surface area (Å²) in [6.07, 6.45) is 0. The van der Waals surface area contributed by atoms with E-state index in [2.05, 4.69) is 0 Å². The van der Waals surface area contributed by atoms with E-state index in [0.29, 0.717) is 4.31 Å². The lowest BCUT2D eigenvalue weighted by atomic mass is 10.4. The monoisotopic (exact) mass is 290 g/mol. The largest absolute Gasteiger partial charge is 0.480 e. The van der Waals surface area contributed by atoms with Gasteiger partial charge < -0.3 is 10.8 Å². The first-order chi connectivity index (χ1) is 8.73. The van der Waals surface area contributed by atoms with Gasteiger partial charge in [-0.15, -0.1) is 0 Å². The molecule has 1 aromatic rings. The van der Waals surface area contributed by atoms with Gasteiger partial charge in [0.25, 0.3) is 0 Å². The zero-order valence-corrected chi connectivity index (χ0v) is 10.4. The Morgan fingerprint density at radius 2 is 1.95 bits per heavy atom. The summed E-state index contributed by atoms with van der Waals surface area (Å²) >= 11 is 0. The van der Waals surface area contributed by atoms with E-state index in [1.807, 2.05) is 0 Å². The van der Waals surface area contributed by atoms with Gasteiger partial charge in [0, 0.05) is 0 Å². The third-order valence-electron chi connectivity index (χ3n) is 2.08. The van der Waals surface area contributed by atoms with Gasteiger partial charge in [-0.25, -0.2) is 12.8 Å². The Labute approximate surface area is 108 Å². The molecule has 0 bridgehead atoms. The number of nitrogens with two attached hydrogens (primary N) is 1. The second-order valence-corrected chi connectivity index (χ2v) is 5.53. The van der Waals surface area contributed by atoms with Gasteiger partial charge in [0.05, 0.1) is 11.4 Å². The Bertz CT molecular complexity index is 586. The predicted molar refractivity (Wildman–Crippen MR) is 62.0 cm³/mol. The summed E-state index contributed by atoms with van der Waals surface area (Å²) in [5.74, 6) is -3.27. The van der Waals surface area contributed by atoms with Crippen LogP contribution in [0.25, 0.3) is 0 Å². The van der Waals surface area contributed by atoms with Crippen molar-refractivity contribution in [3.05, 3.63) is 30.1 Å². The fourth-order valence-corrected chi connectivity index (χ4v) is 2.71. The molecule has 0 aromatic heterocycles. The van der Waals surface area contributed by atoms with E-state index in [4.69, 9.17) is 10.8 Å².